The van der Waals surface area contributed by atoms with Gasteiger partial charge in [-0.2, -0.15) is 5.10 Å². The molecule has 0 aliphatic carbocycles. The van der Waals surface area contributed by atoms with Gasteiger partial charge in [-0.25, -0.2) is 0 Å². The molecule has 1 amide bonds. The van der Waals surface area contributed by atoms with Crippen molar-refractivity contribution in [3.63, 3.8) is 0 Å². The molecule has 0 saturated heterocycles. The van der Waals surface area contributed by atoms with Crippen LogP contribution >= 0.6 is 0 Å². The maximum atomic E-state index is 11.5. The molecule has 3 N–H and O–H groups in total. The molecular formula is C9H16N4O. The number of aromatic nitrogens is 2. The van der Waals surface area contributed by atoms with Gasteiger partial charge in [-0.1, -0.05) is 0 Å². The first-order valence-corrected chi connectivity index (χ1v) is 4.64. The van der Waals surface area contributed by atoms with E-state index in [0.717, 1.165) is 12.1 Å². The van der Waals surface area contributed by atoms with Gasteiger partial charge >= 0.3 is 0 Å². The van der Waals surface area contributed by atoms with Gasteiger partial charge in [-0.05, 0) is 26.0 Å². The van der Waals surface area contributed by atoms with Crippen LogP contribution in [0.2, 0.25) is 0 Å². The van der Waals surface area contributed by atoms with E-state index in [1.54, 1.807) is 10.7 Å². The summed E-state index contributed by atoms with van der Waals surface area (Å²) in [5.41, 5.74) is 6.74. The SMILES string of the molecule is Cc1cc(C(=O)NCCCN)nn1C. The van der Waals surface area contributed by atoms with E-state index in [1.165, 1.54) is 0 Å². The van der Waals surface area contributed by atoms with Crippen molar-refractivity contribution in [2.45, 2.75) is 13.3 Å². The number of nitrogens with one attached hydrogen (secondary N) is 1. The van der Waals surface area contributed by atoms with Gasteiger partial charge in [0.2, 0.25) is 0 Å². The average Bonchev–Trinajstić information content (AvgIpc) is 2.47. The fourth-order valence-electron chi connectivity index (χ4n) is 1.07. The lowest BCUT2D eigenvalue weighted by atomic mass is 10.3. The fraction of sp³-hybridized carbons (Fsp3) is 0.556. The summed E-state index contributed by atoms with van der Waals surface area (Å²) < 4.78 is 1.68. The van der Waals surface area contributed by atoms with Gasteiger partial charge in [0.15, 0.2) is 0 Å². The molecule has 0 unspecified atom stereocenters. The van der Waals surface area contributed by atoms with E-state index in [2.05, 4.69) is 10.4 Å². The lowest BCUT2D eigenvalue weighted by Gasteiger charge is -2.00. The molecular weight excluding hydrogens is 180 g/mol. The molecule has 0 saturated carbocycles. The van der Waals surface area contributed by atoms with Crippen molar-refractivity contribution in [1.29, 1.82) is 0 Å². The fourth-order valence-corrected chi connectivity index (χ4v) is 1.07. The average molecular weight is 196 g/mol. The van der Waals surface area contributed by atoms with Crippen LogP contribution in [0.4, 0.5) is 0 Å². The molecule has 0 spiro atoms. The Kier molecular flexibility index (Phi) is 3.64. The Hall–Kier alpha value is -1.36. The lowest BCUT2D eigenvalue weighted by Crippen LogP contribution is -2.26. The summed E-state index contributed by atoms with van der Waals surface area (Å²) in [6.45, 7) is 3.09. The van der Waals surface area contributed by atoms with Gasteiger partial charge in [0.1, 0.15) is 5.69 Å². The van der Waals surface area contributed by atoms with E-state index in [1.807, 2.05) is 14.0 Å². The number of amides is 1. The van der Waals surface area contributed by atoms with E-state index < -0.39 is 0 Å². The zero-order valence-electron chi connectivity index (χ0n) is 8.58. The highest BCUT2D eigenvalue weighted by molar-refractivity contribution is 5.92. The molecule has 0 radical (unpaired) electrons. The number of hydrogen-bond acceptors (Lipinski definition) is 3. The molecule has 14 heavy (non-hydrogen) atoms. The second-order valence-electron chi connectivity index (χ2n) is 3.19. The van der Waals surface area contributed by atoms with Crippen LogP contribution in [-0.2, 0) is 7.05 Å². The van der Waals surface area contributed by atoms with Crippen LogP contribution in [0.25, 0.3) is 0 Å². The lowest BCUT2D eigenvalue weighted by molar-refractivity contribution is 0.0948. The molecule has 0 atom stereocenters. The topological polar surface area (TPSA) is 72.9 Å². The van der Waals surface area contributed by atoms with Gasteiger partial charge in [0.25, 0.3) is 5.91 Å². The largest absolute Gasteiger partial charge is 0.351 e. The highest BCUT2D eigenvalue weighted by atomic mass is 16.1. The minimum atomic E-state index is -0.137. The zero-order chi connectivity index (χ0) is 10.6. The van der Waals surface area contributed by atoms with Crippen LogP contribution in [0.15, 0.2) is 6.07 Å². The van der Waals surface area contributed by atoms with Gasteiger partial charge in [-0.3, -0.25) is 9.48 Å². The molecule has 1 heterocycles. The minimum Gasteiger partial charge on any atom is -0.351 e. The maximum absolute atomic E-state index is 11.5. The van der Waals surface area contributed by atoms with Crippen LogP contribution in [0.5, 0.6) is 0 Å². The predicted octanol–water partition coefficient (Wildman–Crippen LogP) is -0.193. The van der Waals surface area contributed by atoms with Crippen molar-refractivity contribution < 1.29 is 4.79 Å². The van der Waals surface area contributed by atoms with Gasteiger partial charge in [0, 0.05) is 19.3 Å². The molecule has 5 nitrogen and oxygen atoms in total. The van der Waals surface area contributed by atoms with Gasteiger partial charge in [0.05, 0.1) is 0 Å². The number of rotatable bonds is 4. The minimum absolute atomic E-state index is 0.137. The zero-order valence-corrected chi connectivity index (χ0v) is 8.58. The first-order valence-electron chi connectivity index (χ1n) is 4.64. The van der Waals surface area contributed by atoms with Crippen LogP contribution in [-0.4, -0.2) is 28.8 Å². The highest BCUT2D eigenvalue weighted by Gasteiger charge is 2.09. The molecule has 1 aromatic heterocycles. The highest BCUT2D eigenvalue weighted by Crippen LogP contribution is 2.00. The number of aryl methyl sites for hydroxylation is 2. The van der Waals surface area contributed by atoms with Gasteiger partial charge in [-0.15, -0.1) is 0 Å². The van der Waals surface area contributed by atoms with E-state index >= 15 is 0 Å². The summed E-state index contributed by atoms with van der Waals surface area (Å²) in [7, 11) is 1.81. The van der Waals surface area contributed by atoms with Crippen LogP contribution in [0, 0.1) is 6.92 Å². The van der Waals surface area contributed by atoms with Crippen molar-refractivity contribution in [2.75, 3.05) is 13.1 Å². The molecule has 0 fully saturated rings. The molecule has 0 bridgehead atoms. The Morgan fingerprint density at radius 3 is 2.93 bits per heavy atom. The van der Waals surface area contributed by atoms with Crippen molar-refractivity contribution >= 4 is 5.91 Å². The van der Waals surface area contributed by atoms with E-state index in [9.17, 15) is 4.79 Å². The Labute approximate surface area is 83.3 Å². The molecule has 0 aliphatic heterocycles. The smallest absolute Gasteiger partial charge is 0.271 e. The van der Waals surface area contributed by atoms with E-state index in [0.29, 0.717) is 18.8 Å². The summed E-state index contributed by atoms with van der Waals surface area (Å²) in [6.07, 6.45) is 0.789. The quantitative estimate of drug-likeness (QED) is 0.655. The van der Waals surface area contributed by atoms with E-state index in [-0.39, 0.29) is 5.91 Å². The monoisotopic (exact) mass is 196 g/mol. The second kappa shape index (κ2) is 4.76. The van der Waals surface area contributed by atoms with Gasteiger partial charge < -0.3 is 11.1 Å². The molecule has 0 aliphatic rings. The molecule has 0 aromatic carbocycles. The summed E-state index contributed by atoms with van der Waals surface area (Å²) >= 11 is 0. The number of nitrogens with zero attached hydrogens (tertiary/aromatic N) is 2. The first kappa shape index (κ1) is 10.7. The van der Waals surface area contributed by atoms with Crippen LogP contribution < -0.4 is 11.1 Å². The maximum Gasteiger partial charge on any atom is 0.271 e. The standard InChI is InChI=1S/C9H16N4O/c1-7-6-8(12-13(7)2)9(14)11-5-3-4-10/h6H,3-5,10H2,1-2H3,(H,11,14). The summed E-state index contributed by atoms with van der Waals surface area (Å²) in [6, 6.07) is 1.76. The summed E-state index contributed by atoms with van der Waals surface area (Å²) in [5.74, 6) is -0.137. The Morgan fingerprint density at radius 2 is 2.43 bits per heavy atom. The second-order valence-corrected chi connectivity index (χ2v) is 3.19. The Balaban J connectivity index is 2.52. The summed E-state index contributed by atoms with van der Waals surface area (Å²) in [4.78, 5) is 11.5. The molecule has 1 aromatic rings. The molecule has 5 heteroatoms. The Bertz CT molecular complexity index is 299. The van der Waals surface area contributed by atoms with Crippen LogP contribution in [0.3, 0.4) is 0 Å². The third-order valence-corrected chi connectivity index (χ3v) is 2.01. The number of carbonyl (C=O) groups excluding carboxylic acids is 1. The number of hydrogen-bond donors (Lipinski definition) is 2. The first-order chi connectivity index (χ1) is 6.65. The molecule has 1 rings (SSSR count). The van der Waals surface area contributed by atoms with Crippen LogP contribution in [0.1, 0.15) is 22.6 Å². The summed E-state index contributed by atoms with van der Waals surface area (Å²) in [5, 5.41) is 6.81. The number of carbonyl (C=O) groups is 1. The van der Waals surface area contributed by atoms with E-state index in [4.69, 9.17) is 5.73 Å². The number of nitrogens with two attached hydrogens (primary N) is 1. The third kappa shape index (κ3) is 2.56. The van der Waals surface area contributed by atoms with Crippen molar-refractivity contribution in [2.24, 2.45) is 12.8 Å². The van der Waals surface area contributed by atoms with Crippen molar-refractivity contribution in [3.8, 4) is 0 Å². The van der Waals surface area contributed by atoms with Crippen molar-refractivity contribution in [3.05, 3.63) is 17.5 Å². The van der Waals surface area contributed by atoms with Crippen molar-refractivity contribution in [1.82, 2.24) is 15.1 Å². The molecule has 78 valence electrons. The normalized spacial score (nSPS) is 10.2. The predicted molar refractivity (Wildman–Crippen MR) is 53.9 cm³/mol. The third-order valence-electron chi connectivity index (χ3n) is 2.01. The Morgan fingerprint density at radius 1 is 1.71 bits per heavy atom.